The van der Waals surface area contributed by atoms with Crippen molar-refractivity contribution in [3.05, 3.63) is 0 Å². The van der Waals surface area contributed by atoms with Gasteiger partial charge in [0.05, 0.1) is 18.3 Å². The van der Waals surface area contributed by atoms with Gasteiger partial charge in [0.15, 0.2) is 0 Å². The largest absolute Gasteiger partial charge is 0.394 e. The van der Waals surface area contributed by atoms with E-state index < -0.39 is 36.1 Å². The van der Waals surface area contributed by atoms with E-state index >= 15 is 0 Å². The lowest BCUT2D eigenvalue weighted by Crippen LogP contribution is -2.63. The number of aliphatic hydroxyl groups is 3. The third kappa shape index (κ3) is 4.17. The Morgan fingerprint density at radius 1 is 1.00 bits per heavy atom. The monoisotopic (exact) mass is 304 g/mol. The van der Waals surface area contributed by atoms with Crippen LogP contribution in [0.5, 0.6) is 0 Å². The number of rotatable bonds is 6. The lowest BCUT2D eigenvalue weighted by molar-refractivity contribution is -0.280. The molecule has 1 rings (SSSR count). The zero-order valence-electron chi connectivity index (χ0n) is 14.2. The Morgan fingerprint density at radius 3 is 2.00 bits per heavy atom. The summed E-state index contributed by atoms with van der Waals surface area (Å²) in [6.45, 7) is 11.6. The molecule has 0 aromatic carbocycles. The molecule has 1 aliphatic rings. The van der Waals surface area contributed by atoms with Gasteiger partial charge in [-0.25, -0.2) is 0 Å². The molecule has 5 nitrogen and oxygen atoms in total. The van der Waals surface area contributed by atoms with Gasteiger partial charge in [0, 0.05) is 0 Å². The van der Waals surface area contributed by atoms with Gasteiger partial charge < -0.3 is 24.8 Å². The Balaban J connectivity index is 2.96. The molecule has 1 fully saturated rings. The van der Waals surface area contributed by atoms with Crippen molar-refractivity contribution in [1.29, 1.82) is 0 Å². The standard InChI is InChI=1S/C16H32O5/c1-7-15(3,4)14-12(19)11(18)13(10(9-17)20-14)21-16(5,6)8-2/h10-14,17-19H,7-9H2,1-6H3/t10?,11?,12?,13-,14-/m1/s1. The third-order valence-electron chi connectivity index (χ3n) is 4.85. The number of hydrogen-bond acceptors (Lipinski definition) is 5. The molecule has 0 bridgehead atoms. The van der Waals surface area contributed by atoms with Crippen LogP contribution in [0.2, 0.25) is 0 Å². The van der Waals surface area contributed by atoms with Crippen molar-refractivity contribution >= 4 is 0 Å². The van der Waals surface area contributed by atoms with Crippen LogP contribution in [-0.4, -0.2) is 58.0 Å². The Labute approximate surface area is 128 Å². The second kappa shape index (κ2) is 6.92. The zero-order valence-corrected chi connectivity index (χ0v) is 14.2. The summed E-state index contributed by atoms with van der Waals surface area (Å²) in [7, 11) is 0. The van der Waals surface area contributed by atoms with Crippen LogP contribution in [0.4, 0.5) is 0 Å². The fraction of sp³-hybridized carbons (Fsp3) is 1.00. The third-order valence-corrected chi connectivity index (χ3v) is 4.85. The summed E-state index contributed by atoms with van der Waals surface area (Å²) in [5, 5.41) is 30.5. The smallest absolute Gasteiger partial charge is 0.115 e. The summed E-state index contributed by atoms with van der Waals surface area (Å²) in [5.41, 5.74) is -0.742. The van der Waals surface area contributed by atoms with E-state index in [2.05, 4.69) is 0 Å². The Kier molecular flexibility index (Phi) is 6.21. The van der Waals surface area contributed by atoms with E-state index in [0.29, 0.717) is 0 Å². The van der Waals surface area contributed by atoms with Gasteiger partial charge in [-0.3, -0.25) is 0 Å². The van der Waals surface area contributed by atoms with E-state index in [1.807, 2.05) is 41.5 Å². The van der Waals surface area contributed by atoms with Gasteiger partial charge in [0.2, 0.25) is 0 Å². The molecule has 0 spiro atoms. The van der Waals surface area contributed by atoms with E-state index in [1.165, 1.54) is 0 Å². The van der Waals surface area contributed by atoms with Gasteiger partial charge in [-0.2, -0.15) is 0 Å². The van der Waals surface area contributed by atoms with Crippen LogP contribution in [0, 0.1) is 5.41 Å². The summed E-state index contributed by atoms with van der Waals surface area (Å²) in [6, 6.07) is 0. The normalized spacial score (nSPS) is 35.0. The second-order valence-electron chi connectivity index (χ2n) is 7.30. The van der Waals surface area contributed by atoms with Gasteiger partial charge in [-0.15, -0.1) is 0 Å². The Hall–Kier alpha value is -0.200. The molecule has 126 valence electrons. The van der Waals surface area contributed by atoms with E-state index in [0.717, 1.165) is 12.8 Å². The summed E-state index contributed by atoms with van der Waals surface area (Å²) in [5.74, 6) is 0. The first-order valence-electron chi connectivity index (χ1n) is 7.90. The van der Waals surface area contributed by atoms with E-state index in [4.69, 9.17) is 9.47 Å². The second-order valence-corrected chi connectivity index (χ2v) is 7.30. The van der Waals surface area contributed by atoms with Crippen molar-refractivity contribution in [2.45, 2.75) is 90.5 Å². The summed E-state index contributed by atoms with van der Waals surface area (Å²) in [6.07, 6.45) is -2.44. The van der Waals surface area contributed by atoms with Crippen LogP contribution in [0.1, 0.15) is 54.4 Å². The quantitative estimate of drug-likeness (QED) is 0.693. The van der Waals surface area contributed by atoms with Gasteiger partial charge in [-0.1, -0.05) is 27.7 Å². The summed E-state index contributed by atoms with van der Waals surface area (Å²) < 4.78 is 11.8. The van der Waals surface area contributed by atoms with Crippen molar-refractivity contribution in [3.63, 3.8) is 0 Å². The summed E-state index contributed by atoms with van der Waals surface area (Å²) in [4.78, 5) is 0. The minimum absolute atomic E-state index is 0.246. The molecule has 21 heavy (non-hydrogen) atoms. The van der Waals surface area contributed by atoms with Crippen LogP contribution in [0.15, 0.2) is 0 Å². The van der Waals surface area contributed by atoms with Crippen molar-refractivity contribution in [3.8, 4) is 0 Å². The highest BCUT2D eigenvalue weighted by molar-refractivity contribution is 4.98. The van der Waals surface area contributed by atoms with Crippen LogP contribution in [0.25, 0.3) is 0 Å². The molecule has 0 aromatic heterocycles. The fourth-order valence-electron chi connectivity index (χ4n) is 2.53. The first kappa shape index (κ1) is 18.8. The lowest BCUT2D eigenvalue weighted by atomic mass is 9.77. The van der Waals surface area contributed by atoms with Crippen LogP contribution >= 0.6 is 0 Å². The van der Waals surface area contributed by atoms with Gasteiger partial charge in [0.25, 0.3) is 0 Å². The Bertz CT molecular complexity index is 327. The SMILES string of the molecule is CCC(C)(C)O[C@@H]1C(CO)O[C@@H](C(C)(C)CC)C(O)C1O. The number of aliphatic hydroxyl groups excluding tert-OH is 3. The molecule has 5 atom stereocenters. The van der Waals surface area contributed by atoms with Crippen molar-refractivity contribution in [2.24, 2.45) is 5.41 Å². The molecule has 0 saturated carbocycles. The molecule has 5 heteroatoms. The predicted octanol–water partition coefficient (Wildman–Crippen LogP) is 1.48. The van der Waals surface area contributed by atoms with Crippen molar-refractivity contribution in [2.75, 3.05) is 6.61 Å². The maximum absolute atomic E-state index is 10.5. The number of hydrogen-bond donors (Lipinski definition) is 3. The molecular weight excluding hydrogens is 272 g/mol. The molecule has 1 aliphatic heterocycles. The lowest BCUT2D eigenvalue weighted by Gasteiger charge is -2.49. The van der Waals surface area contributed by atoms with Crippen LogP contribution in [-0.2, 0) is 9.47 Å². The highest BCUT2D eigenvalue weighted by Gasteiger charge is 2.50. The topological polar surface area (TPSA) is 79.2 Å². The molecule has 0 aromatic rings. The number of ether oxygens (including phenoxy) is 2. The predicted molar refractivity (Wildman–Crippen MR) is 81.1 cm³/mol. The molecule has 1 heterocycles. The molecule has 0 amide bonds. The molecule has 3 unspecified atom stereocenters. The fourth-order valence-corrected chi connectivity index (χ4v) is 2.53. The zero-order chi connectivity index (χ0) is 16.4. The minimum atomic E-state index is -1.07. The van der Waals surface area contributed by atoms with Crippen molar-refractivity contribution in [1.82, 2.24) is 0 Å². The average molecular weight is 304 g/mol. The van der Waals surface area contributed by atoms with Gasteiger partial charge >= 0.3 is 0 Å². The minimum Gasteiger partial charge on any atom is -0.394 e. The highest BCUT2D eigenvalue weighted by atomic mass is 16.6. The first-order valence-corrected chi connectivity index (χ1v) is 7.90. The maximum Gasteiger partial charge on any atom is 0.115 e. The Morgan fingerprint density at radius 2 is 1.57 bits per heavy atom. The average Bonchev–Trinajstić information content (AvgIpc) is 2.44. The van der Waals surface area contributed by atoms with E-state index in [-0.39, 0.29) is 12.0 Å². The van der Waals surface area contributed by atoms with E-state index in [1.54, 1.807) is 0 Å². The van der Waals surface area contributed by atoms with Crippen LogP contribution in [0.3, 0.4) is 0 Å². The molecular formula is C16H32O5. The molecule has 3 N–H and O–H groups in total. The van der Waals surface area contributed by atoms with Gasteiger partial charge in [-0.05, 0) is 32.1 Å². The van der Waals surface area contributed by atoms with Gasteiger partial charge in [0.1, 0.15) is 24.4 Å². The first-order chi connectivity index (χ1) is 9.59. The molecule has 0 aliphatic carbocycles. The highest BCUT2D eigenvalue weighted by Crippen LogP contribution is 2.37. The maximum atomic E-state index is 10.5. The van der Waals surface area contributed by atoms with Crippen LogP contribution < -0.4 is 0 Å². The summed E-state index contributed by atoms with van der Waals surface area (Å²) >= 11 is 0. The van der Waals surface area contributed by atoms with E-state index in [9.17, 15) is 15.3 Å². The molecule has 0 radical (unpaired) electrons. The molecule has 1 saturated heterocycles. The van der Waals surface area contributed by atoms with Crippen molar-refractivity contribution < 1.29 is 24.8 Å².